The molecule has 0 radical (unpaired) electrons. The van der Waals surface area contributed by atoms with Crippen molar-refractivity contribution in [3.8, 4) is 0 Å². The maximum Gasteiger partial charge on any atom is 0.130 e. The first-order chi connectivity index (χ1) is 10.7. The minimum Gasteiger partial charge on any atom is -0.308 e. The van der Waals surface area contributed by atoms with Gasteiger partial charge in [0.25, 0.3) is 0 Å². The minimum absolute atomic E-state index is 0.355. The summed E-state index contributed by atoms with van der Waals surface area (Å²) in [6.45, 7) is 3.38. The number of nitrogens with zero attached hydrogens (tertiary/aromatic N) is 1. The molecule has 1 aliphatic rings. The fourth-order valence-electron chi connectivity index (χ4n) is 2.90. The molecule has 1 unspecified atom stereocenters. The van der Waals surface area contributed by atoms with Crippen molar-refractivity contribution in [2.24, 2.45) is 0 Å². The van der Waals surface area contributed by atoms with E-state index in [1.807, 2.05) is 6.07 Å². The molecule has 1 aliphatic heterocycles. The Morgan fingerprint density at radius 2 is 1.91 bits per heavy atom. The van der Waals surface area contributed by atoms with Crippen molar-refractivity contribution in [3.63, 3.8) is 0 Å². The molecule has 0 aromatic heterocycles. The second kappa shape index (κ2) is 6.99. The standard InChI is InChI=1S/C18H20F2N2/c19-16-7-6-15(18(20)10-16)11-21-17-8-9-22(13-17)12-14-4-2-1-3-5-14/h1-7,10,17,21H,8-9,11-13H2. The summed E-state index contributed by atoms with van der Waals surface area (Å²) in [5.74, 6) is -1.01. The van der Waals surface area contributed by atoms with Crippen molar-refractivity contribution in [1.82, 2.24) is 10.2 Å². The maximum atomic E-state index is 13.6. The van der Waals surface area contributed by atoms with Gasteiger partial charge in [0.1, 0.15) is 11.6 Å². The van der Waals surface area contributed by atoms with Crippen LogP contribution in [0, 0.1) is 11.6 Å². The summed E-state index contributed by atoms with van der Waals surface area (Å²) in [6.07, 6.45) is 1.05. The average molecular weight is 302 g/mol. The SMILES string of the molecule is Fc1ccc(CNC2CCN(Cc3ccccc3)C2)c(F)c1. The van der Waals surface area contributed by atoms with Crippen LogP contribution in [-0.4, -0.2) is 24.0 Å². The van der Waals surface area contributed by atoms with Crippen LogP contribution in [0.1, 0.15) is 17.5 Å². The Morgan fingerprint density at radius 3 is 2.68 bits per heavy atom. The molecule has 1 N–H and O–H groups in total. The fraction of sp³-hybridized carbons (Fsp3) is 0.333. The summed E-state index contributed by atoms with van der Waals surface area (Å²) < 4.78 is 26.5. The zero-order valence-electron chi connectivity index (χ0n) is 12.4. The maximum absolute atomic E-state index is 13.6. The third-order valence-corrected chi connectivity index (χ3v) is 4.12. The van der Waals surface area contributed by atoms with Gasteiger partial charge >= 0.3 is 0 Å². The molecule has 3 rings (SSSR count). The molecule has 2 nitrogen and oxygen atoms in total. The van der Waals surface area contributed by atoms with Crippen molar-refractivity contribution in [2.45, 2.75) is 25.6 Å². The molecule has 2 aromatic rings. The van der Waals surface area contributed by atoms with Crippen LogP contribution in [0.2, 0.25) is 0 Å². The summed E-state index contributed by atoms with van der Waals surface area (Å²) in [4.78, 5) is 2.40. The summed E-state index contributed by atoms with van der Waals surface area (Å²) in [5, 5.41) is 3.37. The molecule has 116 valence electrons. The van der Waals surface area contributed by atoms with Gasteiger partial charge < -0.3 is 5.32 Å². The molecule has 1 fully saturated rings. The molecule has 0 aliphatic carbocycles. The molecule has 0 bridgehead atoms. The predicted molar refractivity (Wildman–Crippen MR) is 83.3 cm³/mol. The lowest BCUT2D eigenvalue weighted by Gasteiger charge is -2.17. The van der Waals surface area contributed by atoms with Crippen LogP contribution in [0.3, 0.4) is 0 Å². The van der Waals surface area contributed by atoms with Gasteiger partial charge in [0.05, 0.1) is 0 Å². The van der Waals surface area contributed by atoms with Crippen LogP contribution in [0.5, 0.6) is 0 Å². The smallest absolute Gasteiger partial charge is 0.130 e. The largest absolute Gasteiger partial charge is 0.308 e. The Hall–Kier alpha value is -1.78. The lowest BCUT2D eigenvalue weighted by molar-refractivity contribution is 0.319. The van der Waals surface area contributed by atoms with Crippen LogP contribution in [0.15, 0.2) is 48.5 Å². The van der Waals surface area contributed by atoms with Gasteiger partial charge in [-0.25, -0.2) is 8.78 Å². The van der Waals surface area contributed by atoms with Gasteiger partial charge in [0.2, 0.25) is 0 Å². The fourth-order valence-corrected chi connectivity index (χ4v) is 2.90. The zero-order chi connectivity index (χ0) is 15.4. The van der Waals surface area contributed by atoms with E-state index in [0.29, 0.717) is 18.2 Å². The van der Waals surface area contributed by atoms with Crippen LogP contribution in [0.25, 0.3) is 0 Å². The number of benzene rings is 2. The topological polar surface area (TPSA) is 15.3 Å². The molecule has 0 amide bonds. The number of halogens is 2. The first-order valence-electron chi connectivity index (χ1n) is 7.64. The van der Waals surface area contributed by atoms with E-state index in [1.54, 1.807) is 0 Å². The van der Waals surface area contributed by atoms with Gasteiger partial charge in [0, 0.05) is 43.9 Å². The molecule has 0 spiro atoms. The minimum atomic E-state index is -0.531. The number of rotatable bonds is 5. The highest BCUT2D eigenvalue weighted by atomic mass is 19.1. The Labute approximate surface area is 129 Å². The molecule has 1 atom stereocenters. The van der Waals surface area contributed by atoms with Gasteiger partial charge in [-0.2, -0.15) is 0 Å². The lowest BCUT2D eigenvalue weighted by Crippen LogP contribution is -2.32. The first kappa shape index (κ1) is 15.1. The van der Waals surface area contributed by atoms with Gasteiger partial charge in [0.15, 0.2) is 0 Å². The van der Waals surface area contributed by atoms with E-state index < -0.39 is 11.6 Å². The van der Waals surface area contributed by atoms with Gasteiger partial charge in [-0.15, -0.1) is 0 Å². The van der Waals surface area contributed by atoms with Crippen molar-refractivity contribution >= 4 is 0 Å². The lowest BCUT2D eigenvalue weighted by atomic mass is 10.2. The summed E-state index contributed by atoms with van der Waals surface area (Å²) in [5.41, 5.74) is 1.83. The van der Waals surface area contributed by atoms with Crippen molar-refractivity contribution < 1.29 is 8.78 Å². The molecular weight excluding hydrogens is 282 g/mol. The monoisotopic (exact) mass is 302 g/mol. The summed E-state index contributed by atoms with van der Waals surface area (Å²) in [6, 6.07) is 14.5. The van der Waals surface area contributed by atoms with Crippen molar-refractivity contribution in [1.29, 1.82) is 0 Å². The number of hydrogen-bond donors (Lipinski definition) is 1. The van der Waals surface area contributed by atoms with Gasteiger partial charge in [-0.1, -0.05) is 36.4 Å². The molecule has 0 saturated carbocycles. The van der Waals surface area contributed by atoms with Crippen LogP contribution < -0.4 is 5.32 Å². The quantitative estimate of drug-likeness (QED) is 0.911. The highest BCUT2D eigenvalue weighted by Gasteiger charge is 2.22. The van der Waals surface area contributed by atoms with E-state index >= 15 is 0 Å². The van der Waals surface area contributed by atoms with E-state index in [0.717, 1.165) is 32.1 Å². The highest BCUT2D eigenvalue weighted by molar-refractivity contribution is 5.18. The highest BCUT2D eigenvalue weighted by Crippen LogP contribution is 2.15. The molecule has 1 saturated heterocycles. The third-order valence-electron chi connectivity index (χ3n) is 4.12. The number of hydrogen-bond acceptors (Lipinski definition) is 2. The van der Waals surface area contributed by atoms with E-state index in [-0.39, 0.29) is 0 Å². The van der Waals surface area contributed by atoms with Crippen LogP contribution >= 0.6 is 0 Å². The Morgan fingerprint density at radius 1 is 1.09 bits per heavy atom. The van der Waals surface area contributed by atoms with Crippen molar-refractivity contribution in [3.05, 3.63) is 71.3 Å². The molecule has 22 heavy (non-hydrogen) atoms. The molecule has 4 heteroatoms. The third kappa shape index (κ3) is 3.90. The van der Waals surface area contributed by atoms with Gasteiger partial charge in [-0.3, -0.25) is 4.90 Å². The zero-order valence-corrected chi connectivity index (χ0v) is 12.4. The first-order valence-corrected chi connectivity index (χ1v) is 7.64. The Balaban J connectivity index is 1.49. The van der Waals surface area contributed by atoms with E-state index in [2.05, 4.69) is 34.5 Å². The van der Waals surface area contributed by atoms with Crippen LogP contribution in [-0.2, 0) is 13.1 Å². The van der Waals surface area contributed by atoms with Gasteiger partial charge in [-0.05, 0) is 18.1 Å². The molecule has 2 aromatic carbocycles. The Kier molecular flexibility index (Phi) is 4.80. The number of likely N-dealkylation sites (tertiary alicyclic amines) is 1. The molecular formula is C18H20F2N2. The van der Waals surface area contributed by atoms with E-state index in [9.17, 15) is 8.78 Å². The molecule has 1 heterocycles. The van der Waals surface area contributed by atoms with E-state index in [4.69, 9.17) is 0 Å². The normalized spacial score (nSPS) is 18.7. The second-order valence-corrected chi connectivity index (χ2v) is 5.82. The van der Waals surface area contributed by atoms with Crippen molar-refractivity contribution in [2.75, 3.05) is 13.1 Å². The van der Waals surface area contributed by atoms with Crippen LogP contribution in [0.4, 0.5) is 8.78 Å². The Bertz CT molecular complexity index is 616. The summed E-state index contributed by atoms with van der Waals surface area (Å²) >= 11 is 0. The predicted octanol–water partition coefficient (Wildman–Crippen LogP) is 3.33. The summed E-state index contributed by atoms with van der Waals surface area (Å²) in [7, 11) is 0. The number of nitrogens with one attached hydrogen (secondary N) is 1. The average Bonchev–Trinajstić information content (AvgIpc) is 2.95. The van der Waals surface area contributed by atoms with E-state index in [1.165, 1.54) is 17.7 Å². The second-order valence-electron chi connectivity index (χ2n) is 5.82.